The van der Waals surface area contributed by atoms with Crippen molar-refractivity contribution in [3.63, 3.8) is 0 Å². The Morgan fingerprint density at radius 1 is 1.05 bits per heavy atom. The van der Waals surface area contributed by atoms with Gasteiger partial charge in [-0.15, -0.1) is 0 Å². The van der Waals surface area contributed by atoms with Gasteiger partial charge in [-0.1, -0.05) is 54.2 Å². The summed E-state index contributed by atoms with van der Waals surface area (Å²) in [6, 6.07) is 18.6. The normalized spacial score (nSPS) is 15.9. The Labute approximate surface area is 249 Å². The monoisotopic (exact) mass is 584 g/mol. The number of rotatable bonds is 11. The average Bonchev–Trinajstić information content (AvgIpc) is 3.40. The highest BCUT2D eigenvalue weighted by Gasteiger charge is 2.41. The number of amides is 1. The van der Waals surface area contributed by atoms with Gasteiger partial charge in [-0.2, -0.15) is 0 Å². The van der Waals surface area contributed by atoms with Crippen LogP contribution in [0.25, 0.3) is 0 Å². The summed E-state index contributed by atoms with van der Waals surface area (Å²) in [6.45, 7) is 4.55. The SMILES string of the molecule is CCOC(=O)C1=C(C)N=C2SC=C(CC(=O)NCc3cccnc3)N2C1c1ccc(OCc2ccccc2)c(OC)c1. The second-order valence-electron chi connectivity index (χ2n) is 9.61. The number of carbonyl (C=O) groups is 2. The zero-order valence-corrected chi connectivity index (χ0v) is 24.5. The molecular weight excluding hydrogens is 552 g/mol. The molecule has 0 saturated heterocycles. The van der Waals surface area contributed by atoms with E-state index in [0.717, 1.165) is 22.4 Å². The minimum absolute atomic E-state index is 0.105. The molecule has 0 fully saturated rings. The first-order valence-electron chi connectivity index (χ1n) is 13.6. The first-order valence-corrected chi connectivity index (χ1v) is 14.5. The Hall–Kier alpha value is -4.57. The van der Waals surface area contributed by atoms with Crippen molar-refractivity contribution in [3.8, 4) is 11.5 Å². The van der Waals surface area contributed by atoms with E-state index in [1.165, 1.54) is 11.8 Å². The summed E-state index contributed by atoms with van der Waals surface area (Å²) in [5, 5.41) is 5.55. The molecule has 1 atom stereocenters. The Balaban J connectivity index is 1.43. The van der Waals surface area contributed by atoms with Crippen LogP contribution in [0.2, 0.25) is 0 Å². The van der Waals surface area contributed by atoms with E-state index < -0.39 is 12.0 Å². The maximum Gasteiger partial charge on any atom is 0.338 e. The van der Waals surface area contributed by atoms with Gasteiger partial charge in [0.15, 0.2) is 16.7 Å². The number of hydrogen-bond donors (Lipinski definition) is 1. The number of carbonyl (C=O) groups excluding carboxylic acids is 2. The summed E-state index contributed by atoms with van der Waals surface area (Å²) in [4.78, 5) is 37.1. The van der Waals surface area contributed by atoms with Gasteiger partial charge < -0.3 is 24.4 Å². The quantitative estimate of drug-likeness (QED) is 0.294. The molecule has 0 spiro atoms. The molecule has 9 nitrogen and oxygen atoms in total. The van der Waals surface area contributed by atoms with Crippen LogP contribution in [0.3, 0.4) is 0 Å². The van der Waals surface area contributed by atoms with Crippen LogP contribution >= 0.6 is 11.8 Å². The fraction of sp³-hybridized carbons (Fsp3) is 0.250. The Morgan fingerprint density at radius 3 is 2.60 bits per heavy atom. The van der Waals surface area contributed by atoms with E-state index in [2.05, 4.69) is 10.3 Å². The minimum Gasteiger partial charge on any atom is -0.493 e. The molecule has 0 bridgehead atoms. The van der Waals surface area contributed by atoms with Crippen LogP contribution in [0.15, 0.2) is 100 Å². The van der Waals surface area contributed by atoms with Crippen molar-refractivity contribution in [1.29, 1.82) is 0 Å². The number of benzene rings is 2. The minimum atomic E-state index is -0.582. The van der Waals surface area contributed by atoms with E-state index in [4.69, 9.17) is 19.2 Å². The highest BCUT2D eigenvalue weighted by molar-refractivity contribution is 8.16. The molecule has 0 aliphatic carbocycles. The highest BCUT2D eigenvalue weighted by atomic mass is 32.2. The maximum absolute atomic E-state index is 13.3. The summed E-state index contributed by atoms with van der Waals surface area (Å²) < 4.78 is 17.3. The van der Waals surface area contributed by atoms with Crippen LogP contribution in [0.5, 0.6) is 11.5 Å². The lowest BCUT2D eigenvalue weighted by Gasteiger charge is -2.36. The third-order valence-corrected chi connectivity index (χ3v) is 7.68. The third-order valence-electron chi connectivity index (χ3n) is 6.79. The molecule has 1 aromatic heterocycles. The number of aromatic nitrogens is 1. The summed E-state index contributed by atoms with van der Waals surface area (Å²) in [7, 11) is 1.58. The lowest BCUT2D eigenvalue weighted by molar-refractivity contribution is -0.139. The number of esters is 1. The summed E-state index contributed by atoms with van der Waals surface area (Å²) in [5.74, 6) is 0.495. The number of fused-ring (bicyclic) bond motifs is 1. The zero-order valence-electron chi connectivity index (χ0n) is 23.7. The summed E-state index contributed by atoms with van der Waals surface area (Å²) >= 11 is 1.42. The second-order valence-corrected chi connectivity index (χ2v) is 10.4. The first-order chi connectivity index (χ1) is 20.5. The molecule has 2 aliphatic heterocycles. The number of methoxy groups -OCH3 is 1. The van der Waals surface area contributed by atoms with E-state index >= 15 is 0 Å². The smallest absolute Gasteiger partial charge is 0.338 e. The number of nitrogens with zero attached hydrogens (tertiary/aromatic N) is 3. The number of hydrogen-bond acceptors (Lipinski definition) is 9. The van der Waals surface area contributed by atoms with Crippen molar-refractivity contribution in [2.45, 2.75) is 39.5 Å². The Morgan fingerprint density at radius 2 is 1.86 bits per heavy atom. The highest BCUT2D eigenvalue weighted by Crippen LogP contribution is 2.46. The predicted molar refractivity (Wildman–Crippen MR) is 161 cm³/mol. The van der Waals surface area contributed by atoms with Crippen LogP contribution < -0.4 is 14.8 Å². The van der Waals surface area contributed by atoms with Crippen molar-refractivity contribution in [2.24, 2.45) is 4.99 Å². The van der Waals surface area contributed by atoms with Gasteiger partial charge in [0.25, 0.3) is 0 Å². The fourth-order valence-corrected chi connectivity index (χ4v) is 5.76. The molecule has 1 N–H and O–H groups in total. The van der Waals surface area contributed by atoms with Crippen LogP contribution in [0.4, 0.5) is 0 Å². The zero-order chi connectivity index (χ0) is 29.5. The Kier molecular flexibility index (Phi) is 9.23. The number of aliphatic imine (C=N–C) groups is 1. The van der Waals surface area contributed by atoms with E-state index in [1.807, 2.05) is 71.0 Å². The summed E-state index contributed by atoms with van der Waals surface area (Å²) in [6.07, 6.45) is 3.51. The molecule has 1 unspecified atom stereocenters. The lowest BCUT2D eigenvalue weighted by atomic mass is 9.93. The number of thioether (sulfide) groups is 1. The molecule has 0 radical (unpaired) electrons. The Bertz CT molecular complexity index is 1540. The predicted octanol–water partition coefficient (Wildman–Crippen LogP) is 5.51. The largest absolute Gasteiger partial charge is 0.493 e. The molecule has 3 aromatic rings. The number of nitrogens with one attached hydrogen (secondary N) is 1. The molecule has 42 heavy (non-hydrogen) atoms. The molecule has 2 aromatic carbocycles. The molecule has 3 heterocycles. The van der Waals surface area contributed by atoms with Crippen LogP contribution in [-0.2, 0) is 27.5 Å². The van der Waals surface area contributed by atoms with Crippen molar-refractivity contribution in [2.75, 3.05) is 13.7 Å². The molecule has 216 valence electrons. The molecule has 10 heteroatoms. The number of allylic oxidation sites excluding steroid dienone is 1. The van der Waals surface area contributed by atoms with E-state index in [-0.39, 0.29) is 18.9 Å². The standard InChI is InChI=1S/C32H32N4O5S/c1-4-40-31(38)29-21(2)35-32-36(25(20-42-32)16-28(37)34-18-23-11-8-14-33-17-23)30(29)24-12-13-26(27(15-24)39-3)41-19-22-9-6-5-7-10-22/h5-15,17,20,30H,4,16,18-19H2,1-3H3,(H,34,37). The van der Waals surface area contributed by atoms with Gasteiger partial charge >= 0.3 is 5.97 Å². The van der Waals surface area contributed by atoms with Crippen LogP contribution in [0, 0.1) is 0 Å². The van der Waals surface area contributed by atoms with Gasteiger partial charge in [-0.25, -0.2) is 9.79 Å². The van der Waals surface area contributed by atoms with E-state index in [1.54, 1.807) is 33.4 Å². The summed E-state index contributed by atoms with van der Waals surface area (Å²) in [5.41, 5.74) is 4.41. The van der Waals surface area contributed by atoms with Crippen molar-refractivity contribution in [3.05, 3.63) is 112 Å². The van der Waals surface area contributed by atoms with Gasteiger partial charge in [-0.3, -0.25) is 9.78 Å². The van der Waals surface area contributed by atoms with E-state index in [9.17, 15) is 9.59 Å². The van der Waals surface area contributed by atoms with Gasteiger partial charge in [-0.05, 0) is 54.1 Å². The van der Waals surface area contributed by atoms with Gasteiger partial charge in [0.2, 0.25) is 5.91 Å². The van der Waals surface area contributed by atoms with E-state index in [0.29, 0.717) is 41.1 Å². The number of pyridine rings is 1. The topological polar surface area (TPSA) is 102 Å². The average molecular weight is 585 g/mol. The lowest BCUT2D eigenvalue weighted by Crippen LogP contribution is -2.38. The molecular formula is C32H32N4O5S. The molecule has 2 aliphatic rings. The molecule has 0 saturated carbocycles. The molecule has 5 rings (SSSR count). The second kappa shape index (κ2) is 13.4. The van der Waals surface area contributed by atoms with Crippen molar-refractivity contribution < 1.29 is 23.8 Å². The van der Waals surface area contributed by atoms with Gasteiger partial charge in [0, 0.05) is 24.6 Å². The first kappa shape index (κ1) is 28.9. The fourth-order valence-electron chi connectivity index (χ4n) is 4.79. The van der Waals surface area contributed by atoms with Crippen LogP contribution in [-0.4, -0.2) is 40.6 Å². The van der Waals surface area contributed by atoms with Gasteiger partial charge in [0.1, 0.15) is 6.61 Å². The molecule has 1 amide bonds. The third kappa shape index (κ3) is 6.49. The van der Waals surface area contributed by atoms with Crippen LogP contribution in [0.1, 0.15) is 43.0 Å². The van der Waals surface area contributed by atoms with Crippen molar-refractivity contribution >= 4 is 28.8 Å². The van der Waals surface area contributed by atoms with Crippen molar-refractivity contribution in [1.82, 2.24) is 15.2 Å². The maximum atomic E-state index is 13.3. The number of amidine groups is 1. The van der Waals surface area contributed by atoms with Gasteiger partial charge in [0.05, 0.1) is 37.4 Å². The number of ether oxygens (including phenoxy) is 3.